The second kappa shape index (κ2) is 7.41. The van der Waals surface area contributed by atoms with Crippen LogP contribution in [0.3, 0.4) is 0 Å². The smallest absolute Gasteiger partial charge is 0.338 e. The SMILES string of the molecule is C[C@H]1CCN1c1nc2c(c(-c3ccc4c(c3)CC(C(F)(F)F)C4NS(C)(=O)=O)n1)CCC2. The second-order valence-corrected chi connectivity index (χ2v) is 10.9. The molecule has 1 aromatic heterocycles. The number of nitrogens with one attached hydrogen (secondary N) is 1. The number of alkyl halides is 3. The fourth-order valence-electron chi connectivity index (χ4n) is 5.09. The van der Waals surface area contributed by atoms with E-state index in [9.17, 15) is 21.6 Å². The van der Waals surface area contributed by atoms with Gasteiger partial charge in [-0.3, -0.25) is 0 Å². The van der Waals surface area contributed by atoms with Gasteiger partial charge in [-0.2, -0.15) is 13.2 Å². The van der Waals surface area contributed by atoms with Gasteiger partial charge < -0.3 is 4.90 Å². The molecule has 2 heterocycles. The Morgan fingerprint density at radius 2 is 1.97 bits per heavy atom. The summed E-state index contributed by atoms with van der Waals surface area (Å²) in [6, 6.07) is 4.19. The number of hydrogen-bond acceptors (Lipinski definition) is 5. The third-order valence-electron chi connectivity index (χ3n) is 6.85. The van der Waals surface area contributed by atoms with Gasteiger partial charge in [0.2, 0.25) is 16.0 Å². The maximum Gasteiger partial charge on any atom is 0.393 e. The summed E-state index contributed by atoms with van der Waals surface area (Å²) in [5.41, 5.74) is 4.53. The van der Waals surface area contributed by atoms with Gasteiger partial charge in [0, 0.05) is 29.4 Å². The molecule has 1 N–H and O–H groups in total. The Labute approximate surface area is 185 Å². The van der Waals surface area contributed by atoms with Crippen molar-refractivity contribution in [3.8, 4) is 11.3 Å². The molecule has 0 radical (unpaired) electrons. The molecule has 3 aliphatic rings. The highest BCUT2D eigenvalue weighted by atomic mass is 32.2. The molecule has 2 aromatic rings. The highest BCUT2D eigenvalue weighted by Gasteiger charge is 2.50. The first-order chi connectivity index (χ1) is 15.0. The number of halogens is 3. The van der Waals surface area contributed by atoms with Crippen molar-refractivity contribution in [2.75, 3.05) is 17.7 Å². The lowest BCUT2D eigenvalue weighted by molar-refractivity contribution is -0.178. The lowest BCUT2D eigenvalue weighted by Crippen LogP contribution is -2.46. The van der Waals surface area contributed by atoms with E-state index in [4.69, 9.17) is 9.97 Å². The predicted molar refractivity (Wildman–Crippen MR) is 115 cm³/mol. The van der Waals surface area contributed by atoms with Crippen molar-refractivity contribution in [3.63, 3.8) is 0 Å². The number of benzene rings is 1. The van der Waals surface area contributed by atoms with Crippen LogP contribution in [0.5, 0.6) is 0 Å². The third-order valence-corrected chi connectivity index (χ3v) is 7.54. The second-order valence-electron chi connectivity index (χ2n) is 9.12. The van der Waals surface area contributed by atoms with E-state index < -0.39 is 28.2 Å². The molecule has 1 fully saturated rings. The van der Waals surface area contributed by atoms with Gasteiger partial charge in [-0.15, -0.1) is 0 Å². The van der Waals surface area contributed by atoms with Gasteiger partial charge in [-0.1, -0.05) is 12.1 Å². The third kappa shape index (κ3) is 3.77. The van der Waals surface area contributed by atoms with Crippen LogP contribution in [-0.2, 0) is 29.3 Å². The van der Waals surface area contributed by atoms with Gasteiger partial charge >= 0.3 is 6.18 Å². The minimum absolute atomic E-state index is 0.261. The Bertz CT molecular complexity index is 1180. The van der Waals surface area contributed by atoms with Crippen molar-refractivity contribution in [3.05, 3.63) is 40.6 Å². The van der Waals surface area contributed by atoms with E-state index in [1.54, 1.807) is 18.2 Å². The molecule has 2 unspecified atom stereocenters. The molecular formula is C22H25F3N4O2S. The van der Waals surface area contributed by atoms with Crippen LogP contribution in [0.4, 0.5) is 19.1 Å². The van der Waals surface area contributed by atoms with Crippen molar-refractivity contribution in [2.45, 2.75) is 57.3 Å². The van der Waals surface area contributed by atoms with Gasteiger partial charge in [0.1, 0.15) is 0 Å². The molecule has 0 spiro atoms. The number of hydrogen-bond donors (Lipinski definition) is 1. The summed E-state index contributed by atoms with van der Waals surface area (Å²) < 4.78 is 66.8. The van der Waals surface area contributed by atoms with E-state index in [0.717, 1.165) is 61.0 Å². The molecule has 1 aromatic carbocycles. The molecule has 0 saturated carbocycles. The van der Waals surface area contributed by atoms with Crippen molar-refractivity contribution in [1.29, 1.82) is 0 Å². The van der Waals surface area contributed by atoms with E-state index in [-0.39, 0.29) is 6.42 Å². The Kier molecular flexibility index (Phi) is 5.01. The Morgan fingerprint density at radius 3 is 2.59 bits per heavy atom. The number of sulfonamides is 1. The van der Waals surface area contributed by atoms with Crippen LogP contribution in [-0.4, -0.2) is 43.4 Å². The average molecular weight is 467 g/mol. The highest BCUT2D eigenvalue weighted by molar-refractivity contribution is 7.88. The average Bonchev–Trinajstić information content (AvgIpc) is 3.29. The van der Waals surface area contributed by atoms with Crippen LogP contribution in [0, 0.1) is 5.92 Å². The van der Waals surface area contributed by atoms with Crippen LogP contribution in [0.2, 0.25) is 0 Å². The van der Waals surface area contributed by atoms with E-state index in [2.05, 4.69) is 16.5 Å². The van der Waals surface area contributed by atoms with Crippen molar-refractivity contribution in [2.24, 2.45) is 5.92 Å². The molecular weight excluding hydrogens is 441 g/mol. The zero-order valence-electron chi connectivity index (χ0n) is 17.9. The van der Waals surface area contributed by atoms with Gasteiger partial charge in [0.05, 0.1) is 23.9 Å². The van der Waals surface area contributed by atoms with E-state index in [1.165, 1.54) is 0 Å². The monoisotopic (exact) mass is 466 g/mol. The summed E-state index contributed by atoms with van der Waals surface area (Å²) in [7, 11) is -3.81. The Hall–Kier alpha value is -2.20. The molecule has 1 saturated heterocycles. The fraction of sp³-hybridized carbons (Fsp3) is 0.545. The van der Waals surface area contributed by atoms with Crippen molar-refractivity contribution >= 4 is 16.0 Å². The first kappa shape index (κ1) is 21.6. The van der Waals surface area contributed by atoms with Crippen LogP contribution in [0.1, 0.15) is 48.2 Å². The summed E-state index contributed by atoms with van der Waals surface area (Å²) in [4.78, 5) is 11.8. The van der Waals surface area contributed by atoms with Gasteiger partial charge in [-0.05, 0) is 56.2 Å². The highest BCUT2D eigenvalue weighted by Crippen LogP contribution is 2.46. The number of aromatic nitrogens is 2. The minimum Gasteiger partial charge on any atom is -0.338 e. The maximum atomic E-state index is 13.7. The zero-order chi connectivity index (χ0) is 22.8. The Balaban J connectivity index is 1.57. The fourth-order valence-corrected chi connectivity index (χ4v) is 5.84. The first-order valence-corrected chi connectivity index (χ1v) is 12.7. The standard InChI is InChI=1S/C22H25F3N4O2S/c1-12-8-9-29(12)21-26-18-5-3-4-16(18)19(27-21)13-6-7-15-14(10-13)11-17(22(23,24)25)20(15)28-32(2,30)31/h6-7,10,12,17,20,28H,3-5,8-9,11H2,1-2H3/t12-,17?,20?/m0/s1. The van der Waals surface area contributed by atoms with Gasteiger partial charge in [0.15, 0.2) is 0 Å². The molecule has 0 amide bonds. The molecule has 172 valence electrons. The minimum atomic E-state index is -4.52. The van der Waals surface area contributed by atoms with Gasteiger partial charge in [0.25, 0.3) is 0 Å². The predicted octanol–water partition coefficient (Wildman–Crippen LogP) is 3.56. The van der Waals surface area contributed by atoms with Crippen LogP contribution < -0.4 is 9.62 Å². The molecule has 5 rings (SSSR count). The van der Waals surface area contributed by atoms with E-state index in [1.807, 2.05) is 0 Å². The Morgan fingerprint density at radius 1 is 1.19 bits per heavy atom. The van der Waals surface area contributed by atoms with Crippen molar-refractivity contribution < 1.29 is 21.6 Å². The lowest BCUT2D eigenvalue weighted by Gasteiger charge is -2.39. The largest absolute Gasteiger partial charge is 0.393 e. The molecule has 1 aliphatic heterocycles. The number of nitrogens with zero attached hydrogens (tertiary/aromatic N) is 3. The lowest BCUT2D eigenvalue weighted by atomic mass is 9.99. The number of rotatable bonds is 4. The summed E-state index contributed by atoms with van der Waals surface area (Å²) >= 11 is 0. The molecule has 2 aliphatic carbocycles. The molecule has 6 nitrogen and oxygen atoms in total. The molecule has 3 atom stereocenters. The summed E-state index contributed by atoms with van der Waals surface area (Å²) in [6.07, 6.45) is -0.0981. The first-order valence-electron chi connectivity index (χ1n) is 10.8. The molecule has 10 heteroatoms. The quantitative estimate of drug-likeness (QED) is 0.746. The van der Waals surface area contributed by atoms with Crippen LogP contribution in [0.25, 0.3) is 11.3 Å². The topological polar surface area (TPSA) is 75.2 Å². The maximum absolute atomic E-state index is 13.7. The van der Waals surface area contributed by atoms with E-state index >= 15 is 0 Å². The number of anilines is 1. The molecule has 0 bridgehead atoms. The van der Waals surface area contributed by atoms with Crippen molar-refractivity contribution in [1.82, 2.24) is 14.7 Å². The normalized spacial score (nSPS) is 24.9. The van der Waals surface area contributed by atoms with E-state index in [0.29, 0.717) is 23.1 Å². The zero-order valence-corrected chi connectivity index (χ0v) is 18.7. The number of aryl methyl sites for hydroxylation is 1. The summed E-state index contributed by atoms with van der Waals surface area (Å²) in [5.74, 6) is -1.11. The summed E-state index contributed by atoms with van der Waals surface area (Å²) in [6.45, 7) is 3.02. The summed E-state index contributed by atoms with van der Waals surface area (Å²) in [5, 5.41) is 0. The van der Waals surface area contributed by atoms with Crippen LogP contribution >= 0.6 is 0 Å². The van der Waals surface area contributed by atoms with Crippen LogP contribution in [0.15, 0.2) is 18.2 Å². The number of fused-ring (bicyclic) bond motifs is 2. The molecule has 32 heavy (non-hydrogen) atoms. The van der Waals surface area contributed by atoms with Gasteiger partial charge in [-0.25, -0.2) is 23.1 Å².